The van der Waals surface area contributed by atoms with Crippen molar-refractivity contribution in [2.45, 2.75) is 57.7 Å². The Labute approximate surface area is 150 Å². The molecule has 25 heavy (non-hydrogen) atoms. The lowest BCUT2D eigenvalue weighted by atomic mass is 9.86. The van der Waals surface area contributed by atoms with Gasteiger partial charge in [-0.1, -0.05) is 19.8 Å². The van der Waals surface area contributed by atoms with Gasteiger partial charge in [0.25, 0.3) is 0 Å². The molecule has 0 spiro atoms. The van der Waals surface area contributed by atoms with Gasteiger partial charge in [0.05, 0.1) is 25.3 Å². The van der Waals surface area contributed by atoms with Gasteiger partial charge in [-0.15, -0.1) is 0 Å². The van der Waals surface area contributed by atoms with Gasteiger partial charge in [0, 0.05) is 25.7 Å². The zero-order valence-electron chi connectivity index (χ0n) is 15.7. The number of nitrogens with one attached hydrogen (secondary N) is 1. The van der Waals surface area contributed by atoms with Gasteiger partial charge in [-0.05, 0) is 32.7 Å². The summed E-state index contributed by atoms with van der Waals surface area (Å²) in [5.74, 6) is -0.199. The van der Waals surface area contributed by atoms with Crippen LogP contribution in [0.1, 0.15) is 39.5 Å². The number of rotatable bonds is 7. The second-order valence-corrected chi connectivity index (χ2v) is 7.63. The number of hydrogen-bond acceptors (Lipinski definition) is 5. The molecule has 7 nitrogen and oxygen atoms in total. The van der Waals surface area contributed by atoms with Crippen molar-refractivity contribution in [1.82, 2.24) is 15.1 Å². The molecule has 2 fully saturated rings. The van der Waals surface area contributed by atoms with E-state index >= 15 is 0 Å². The van der Waals surface area contributed by atoms with E-state index < -0.39 is 5.97 Å². The molecule has 144 valence electrons. The third-order valence-electron chi connectivity index (χ3n) is 5.46. The van der Waals surface area contributed by atoms with Crippen LogP contribution in [0.15, 0.2) is 0 Å². The first kappa shape index (κ1) is 20.1. The normalized spacial score (nSPS) is 29.4. The molecule has 0 aromatic heterocycles. The largest absolute Gasteiger partial charge is 0.480 e. The molecule has 0 radical (unpaired) electrons. The molecular weight excluding hydrogens is 322 g/mol. The van der Waals surface area contributed by atoms with Crippen LogP contribution in [0, 0.1) is 5.92 Å². The molecule has 7 heteroatoms. The second kappa shape index (κ2) is 9.50. The van der Waals surface area contributed by atoms with E-state index in [4.69, 9.17) is 9.84 Å². The fraction of sp³-hybridized carbons (Fsp3) is 0.889. The van der Waals surface area contributed by atoms with Crippen LogP contribution in [0.3, 0.4) is 0 Å². The van der Waals surface area contributed by atoms with Crippen molar-refractivity contribution in [3.8, 4) is 0 Å². The molecule has 1 aliphatic heterocycles. The minimum atomic E-state index is -0.843. The van der Waals surface area contributed by atoms with Gasteiger partial charge in [0.2, 0.25) is 5.91 Å². The first-order valence-electron chi connectivity index (χ1n) is 9.43. The van der Waals surface area contributed by atoms with Gasteiger partial charge >= 0.3 is 5.97 Å². The highest BCUT2D eigenvalue weighted by molar-refractivity contribution is 5.81. The van der Waals surface area contributed by atoms with Gasteiger partial charge in [0.15, 0.2) is 0 Å². The fourth-order valence-electron chi connectivity index (χ4n) is 3.85. The number of aliphatic carboxylic acids is 1. The van der Waals surface area contributed by atoms with Gasteiger partial charge in [-0.2, -0.15) is 0 Å². The number of carbonyl (C=O) groups is 2. The van der Waals surface area contributed by atoms with Crippen LogP contribution in [-0.2, 0) is 14.3 Å². The third kappa shape index (κ3) is 6.24. The van der Waals surface area contributed by atoms with Crippen molar-refractivity contribution >= 4 is 11.9 Å². The Kier molecular flexibility index (Phi) is 7.65. The van der Waals surface area contributed by atoms with Crippen LogP contribution >= 0.6 is 0 Å². The Morgan fingerprint density at radius 1 is 1.36 bits per heavy atom. The number of carboxylic acids is 1. The quantitative estimate of drug-likeness (QED) is 0.703. The van der Waals surface area contributed by atoms with Gasteiger partial charge < -0.3 is 15.2 Å². The van der Waals surface area contributed by atoms with Gasteiger partial charge in [-0.25, -0.2) is 0 Å². The molecule has 1 heterocycles. The van der Waals surface area contributed by atoms with Crippen LogP contribution in [0.5, 0.6) is 0 Å². The lowest BCUT2D eigenvalue weighted by Gasteiger charge is -2.38. The maximum absolute atomic E-state index is 12.6. The standard InChI is InChI=1S/C18H33N3O4/c1-13-6-4-5-7-16(13)19-18(24)14(2)21-8-9-25-15(11-21)10-20(3)12-17(22)23/h13-16H,4-12H2,1-3H3,(H,19,24)(H,22,23). The molecule has 1 amide bonds. The zero-order valence-corrected chi connectivity index (χ0v) is 15.7. The number of morpholine rings is 1. The van der Waals surface area contributed by atoms with E-state index in [1.54, 1.807) is 11.9 Å². The lowest BCUT2D eigenvalue weighted by Crippen LogP contribution is -2.56. The fourth-order valence-corrected chi connectivity index (χ4v) is 3.85. The molecule has 0 aromatic carbocycles. The Bertz CT molecular complexity index is 460. The lowest BCUT2D eigenvalue weighted by molar-refractivity contribution is -0.138. The first-order chi connectivity index (χ1) is 11.9. The van der Waals surface area contributed by atoms with Gasteiger partial charge in [0.1, 0.15) is 0 Å². The average molecular weight is 355 g/mol. The van der Waals surface area contributed by atoms with E-state index in [0.717, 1.165) is 13.0 Å². The molecule has 1 saturated carbocycles. The predicted molar refractivity (Wildman–Crippen MR) is 95.5 cm³/mol. The number of amides is 1. The Hall–Kier alpha value is -1.18. The number of likely N-dealkylation sites (N-methyl/N-ethyl adjacent to an activating group) is 1. The summed E-state index contributed by atoms with van der Waals surface area (Å²) < 4.78 is 5.75. The first-order valence-corrected chi connectivity index (χ1v) is 9.43. The van der Waals surface area contributed by atoms with Crippen LogP contribution in [-0.4, -0.2) is 84.8 Å². The van der Waals surface area contributed by atoms with Crippen molar-refractivity contribution in [2.24, 2.45) is 5.92 Å². The predicted octanol–water partition coefficient (Wildman–Crippen LogP) is 0.787. The molecule has 0 aromatic rings. The number of hydrogen-bond donors (Lipinski definition) is 2. The Morgan fingerprint density at radius 2 is 2.08 bits per heavy atom. The highest BCUT2D eigenvalue weighted by Gasteiger charge is 2.31. The maximum Gasteiger partial charge on any atom is 0.317 e. The van der Waals surface area contributed by atoms with E-state index in [2.05, 4.69) is 17.1 Å². The molecule has 0 bridgehead atoms. The third-order valence-corrected chi connectivity index (χ3v) is 5.46. The zero-order chi connectivity index (χ0) is 18.4. The minimum absolute atomic E-state index is 0.00450. The van der Waals surface area contributed by atoms with E-state index in [-0.39, 0.29) is 24.6 Å². The SMILES string of the molecule is CC1CCCCC1NC(=O)C(C)N1CCOC(CN(C)CC(=O)O)C1. The smallest absolute Gasteiger partial charge is 0.317 e. The van der Waals surface area contributed by atoms with Crippen LogP contribution in [0.4, 0.5) is 0 Å². The highest BCUT2D eigenvalue weighted by atomic mass is 16.5. The highest BCUT2D eigenvalue weighted by Crippen LogP contribution is 2.24. The summed E-state index contributed by atoms with van der Waals surface area (Å²) in [6.07, 6.45) is 4.65. The summed E-state index contributed by atoms with van der Waals surface area (Å²) in [5.41, 5.74) is 0. The molecule has 2 aliphatic rings. The van der Waals surface area contributed by atoms with E-state index in [1.807, 2.05) is 6.92 Å². The topological polar surface area (TPSA) is 82.1 Å². The molecule has 2 rings (SSSR count). The summed E-state index contributed by atoms with van der Waals surface area (Å²) in [6, 6.07) is 0.104. The number of carboxylic acid groups (broad SMARTS) is 1. The molecule has 1 aliphatic carbocycles. The van der Waals surface area contributed by atoms with Crippen molar-refractivity contribution < 1.29 is 19.4 Å². The summed E-state index contributed by atoms with van der Waals surface area (Å²) in [4.78, 5) is 27.3. The maximum atomic E-state index is 12.6. The Morgan fingerprint density at radius 3 is 2.76 bits per heavy atom. The van der Waals surface area contributed by atoms with Crippen LogP contribution in [0.2, 0.25) is 0 Å². The van der Waals surface area contributed by atoms with E-state index in [1.165, 1.54) is 19.3 Å². The second-order valence-electron chi connectivity index (χ2n) is 7.63. The summed E-state index contributed by atoms with van der Waals surface area (Å²) in [6.45, 7) is 6.67. The molecule has 4 unspecified atom stereocenters. The summed E-state index contributed by atoms with van der Waals surface area (Å²) in [7, 11) is 1.77. The van der Waals surface area contributed by atoms with Crippen LogP contribution < -0.4 is 5.32 Å². The molecular formula is C18H33N3O4. The Balaban J connectivity index is 1.82. The van der Waals surface area contributed by atoms with Gasteiger partial charge in [-0.3, -0.25) is 19.4 Å². The van der Waals surface area contributed by atoms with E-state index in [9.17, 15) is 9.59 Å². The minimum Gasteiger partial charge on any atom is -0.480 e. The van der Waals surface area contributed by atoms with Crippen molar-refractivity contribution in [3.05, 3.63) is 0 Å². The number of nitrogens with zero attached hydrogens (tertiary/aromatic N) is 2. The van der Waals surface area contributed by atoms with Crippen molar-refractivity contribution in [1.29, 1.82) is 0 Å². The van der Waals surface area contributed by atoms with Crippen LogP contribution in [0.25, 0.3) is 0 Å². The summed E-state index contributed by atoms with van der Waals surface area (Å²) in [5, 5.41) is 12.1. The number of ether oxygens (including phenoxy) is 1. The monoisotopic (exact) mass is 355 g/mol. The molecule has 4 atom stereocenters. The van der Waals surface area contributed by atoms with Crippen molar-refractivity contribution in [2.75, 3.05) is 39.8 Å². The molecule has 1 saturated heterocycles. The molecule has 2 N–H and O–H groups in total. The van der Waals surface area contributed by atoms with Crippen molar-refractivity contribution in [3.63, 3.8) is 0 Å². The average Bonchev–Trinajstić information content (AvgIpc) is 2.55. The number of carbonyl (C=O) groups excluding carboxylic acids is 1. The van der Waals surface area contributed by atoms with E-state index in [0.29, 0.717) is 31.7 Å². The summed E-state index contributed by atoms with van der Waals surface area (Å²) >= 11 is 0.